The number of halogens is 1. The predicted molar refractivity (Wildman–Crippen MR) is 102 cm³/mol. The van der Waals surface area contributed by atoms with Gasteiger partial charge in [0.25, 0.3) is 0 Å². The molecule has 6 nitrogen and oxygen atoms in total. The Kier molecular flexibility index (Phi) is 10.2. The predicted octanol–water partition coefficient (Wildman–Crippen LogP) is 2.45. The molecule has 1 aliphatic rings. The van der Waals surface area contributed by atoms with E-state index in [4.69, 9.17) is 9.84 Å². The van der Waals surface area contributed by atoms with Gasteiger partial charge >= 0.3 is 5.97 Å². The molecule has 0 saturated carbocycles. The normalized spacial score (nSPS) is 17.8. The van der Waals surface area contributed by atoms with Gasteiger partial charge in [0.1, 0.15) is 0 Å². The van der Waals surface area contributed by atoms with Crippen molar-refractivity contribution in [2.45, 2.75) is 38.8 Å². The smallest absolute Gasteiger partial charge is 0.303 e. The van der Waals surface area contributed by atoms with E-state index in [0.717, 1.165) is 43.5 Å². The van der Waals surface area contributed by atoms with Gasteiger partial charge < -0.3 is 15.2 Å². The van der Waals surface area contributed by atoms with Crippen LogP contribution in [0.5, 0.6) is 0 Å². The number of amides is 1. The Balaban J connectivity index is 0.00000338. The lowest BCUT2D eigenvalue weighted by Crippen LogP contribution is -2.37. The van der Waals surface area contributed by atoms with E-state index < -0.39 is 5.97 Å². The number of rotatable bonds is 8. The summed E-state index contributed by atoms with van der Waals surface area (Å²) in [6.07, 6.45) is 2.95. The lowest BCUT2D eigenvalue weighted by atomic mass is 9.97. The Morgan fingerprint density at radius 2 is 1.96 bits per heavy atom. The van der Waals surface area contributed by atoms with Crippen molar-refractivity contribution >= 4 is 24.3 Å². The van der Waals surface area contributed by atoms with Crippen LogP contribution >= 0.6 is 12.4 Å². The second-order valence-corrected chi connectivity index (χ2v) is 6.65. The minimum absolute atomic E-state index is 0. The van der Waals surface area contributed by atoms with Gasteiger partial charge in [0.15, 0.2) is 0 Å². The van der Waals surface area contributed by atoms with E-state index in [1.165, 1.54) is 0 Å². The molecular formula is C19H29ClN2O4. The number of carbonyl (C=O) groups excluding carboxylic acids is 1. The van der Waals surface area contributed by atoms with Crippen molar-refractivity contribution in [2.75, 3.05) is 26.7 Å². The van der Waals surface area contributed by atoms with Crippen molar-refractivity contribution in [2.24, 2.45) is 5.92 Å². The number of hydrogen-bond acceptors (Lipinski definition) is 4. The van der Waals surface area contributed by atoms with Crippen molar-refractivity contribution in [3.8, 4) is 0 Å². The van der Waals surface area contributed by atoms with E-state index in [1.54, 1.807) is 7.11 Å². The van der Waals surface area contributed by atoms with Gasteiger partial charge in [0, 0.05) is 20.1 Å². The molecule has 1 heterocycles. The van der Waals surface area contributed by atoms with Gasteiger partial charge in [-0.15, -0.1) is 12.4 Å². The van der Waals surface area contributed by atoms with Gasteiger partial charge in [-0.05, 0) is 49.4 Å². The van der Waals surface area contributed by atoms with E-state index in [9.17, 15) is 9.59 Å². The van der Waals surface area contributed by atoms with Gasteiger partial charge in [-0.1, -0.05) is 24.3 Å². The molecule has 0 radical (unpaired) electrons. The topological polar surface area (TPSA) is 78.9 Å². The average Bonchev–Trinajstić information content (AvgIpc) is 2.79. The highest BCUT2D eigenvalue weighted by atomic mass is 35.5. The summed E-state index contributed by atoms with van der Waals surface area (Å²) in [5, 5.41) is 11.9. The molecule has 0 bridgehead atoms. The number of carbonyl (C=O) groups is 2. The van der Waals surface area contributed by atoms with Crippen molar-refractivity contribution in [3.63, 3.8) is 0 Å². The quantitative estimate of drug-likeness (QED) is 0.719. The number of carboxylic acids is 1. The molecule has 1 aliphatic heterocycles. The fourth-order valence-corrected chi connectivity index (χ4v) is 3.31. The monoisotopic (exact) mass is 384 g/mol. The largest absolute Gasteiger partial charge is 0.481 e. The third-order valence-corrected chi connectivity index (χ3v) is 4.67. The van der Waals surface area contributed by atoms with Gasteiger partial charge in [-0.25, -0.2) is 0 Å². The summed E-state index contributed by atoms with van der Waals surface area (Å²) in [4.78, 5) is 25.2. The van der Waals surface area contributed by atoms with E-state index in [0.29, 0.717) is 19.7 Å². The van der Waals surface area contributed by atoms with Crippen LogP contribution in [0.25, 0.3) is 0 Å². The Labute approximate surface area is 161 Å². The second-order valence-electron chi connectivity index (χ2n) is 6.65. The van der Waals surface area contributed by atoms with E-state index in [2.05, 4.69) is 10.2 Å². The summed E-state index contributed by atoms with van der Waals surface area (Å²) in [7, 11) is 1.66. The average molecular weight is 385 g/mol. The molecule has 0 aromatic heterocycles. The van der Waals surface area contributed by atoms with Gasteiger partial charge in [0.05, 0.1) is 13.2 Å². The van der Waals surface area contributed by atoms with Gasteiger partial charge in [-0.3, -0.25) is 14.5 Å². The molecule has 146 valence electrons. The highest BCUT2D eigenvalue weighted by Gasteiger charge is 2.20. The van der Waals surface area contributed by atoms with Crippen LogP contribution in [0, 0.1) is 5.92 Å². The lowest BCUT2D eigenvalue weighted by molar-refractivity contribution is -0.138. The van der Waals surface area contributed by atoms with Crippen molar-refractivity contribution < 1.29 is 19.4 Å². The van der Waals surface area contributed by atoms with Crippen LogP contribution in [0.2, 0.25) is 0 Å². The summed E-state index contributed by atoms with van der Waals surface area (Å²) < 4.78 is 5.19. The highest BCUT2D eigenvalue weighted by molar-refractivity contribution is 5.85. The van der Waals surface area contributed by atoms with Crippen LogP contribution in [0.15, 0.2) is 24.3 Å². The third-order valence-electron chi connectivity index (χ3n) is 4.67. The summed E-state index contributed by atoms with van der Waals surface area (Å²) in [5.74, 6) is -0.499. The minimum atomic E-state index is -0.731. The zero-order valence-electron chi connectivity index (χ0n) is 15.3. The first-order valence-corrected chi connectivity index (χ1v) is 8.85. The first kappa shape index (κ1) is 22.4. The molecule has 1 aromatic carbocycles. The summed E-state index contributed by atoms with van der Waals surface area (Å²) in [5.41, 5.74) is 2.15. The summed E-state index contributed by atoms with van der Waals surface area (Å²) in [6.45, 7) is 3.03. The van der Waals surface area contributed by atoms with Gasteiger partial charge in [-0.2, -0.15) is 0 Å². The fourth-order valence-electron chi connectivity index (χ4n) is 3.31. The van der Waals surface area contributed by atoms with Gasteiger partial charge in [0.2, 0.25) is 5.91 Å². The van der Waals surface area contributed by atoms with Crippen LogP contribution in [0.3, 0.4) is 0 Å². The number of carboxylic acid groups (broad SMARTS) is 1. The Morgan fingerprint density at radius 1 is 1.23 bits per heavy atom. The van der Waals surface area contributed by atoms with Crippen molar-refractivity contribution in [1.82, 2.24) is 10.2 Å². The van der Waals surface area contributed by atoms with Crippen LogP contribution in [0.1, 0.15) is 36.8 Å². The molecule has 1 atom stereocenters. The van der Waals surface area contributed by atoms with Crippen LogP contribution in [-0.4, -0.2) is 48.6 Å². The molecule has 1 unspecified atom stereocenters. The maximum absolute atomic E-state index is 12.2. The number of aliphatic carboxylic acids is 1. The molecule has 2 N–H and O–H groups in total. The lowest BCUT2D eigenvalue weighted by Gasteiger charge is -2.19. The number of ether oxygens (including phenoxy) is 1. The number of nitrogens with zero attached hydrogens (tertiary/aromatic N) is 1. The Bertz CT molecular complexity index is 582. The highest BCUT2D eigenvalue weighted by Crippen LogP contribution is 2.20. The molecule has 1 fully saturated rings. The number of methoxy groups -OCH3 is 1. The van der Waals surface area contributed by atoms with Crippen LogP contribution < -0.4 is 5.32 Å². The zero-order valence-corrected chi connectivity index (χ0v) is 16.1. The summed E-state index contributed by atoms with van der Waals surface area (Å²) >= 11 is 0. The van der Waals surface area contributed by atoms with Crippen LogP contribution in [-0.2, 0) is 27.5 Å². The first-order valence-electron chi connectivity index (χ1n) is 8.85. The summed E-state index contributed by atoms with van der Waals surface area (Å²) in [6, 6.07) is 7.92. The number of benzene rings is 1. The zero-order chi connectivity index (χ0) is 18.1. The molecule has 0 spiro atoms. The van der Waals surface area contributed by atoms with E-state index >= 15 is 0 Å². The Morgan fingerprint density at radius 3 is 2.65 bits per heavy atom. The minimum Gasteiger partial charge on any atom is -0.481 e. The van der Waals surface area contributed by atoms with Crippen LogP contribution in [0.4, 0.5) is 0 Å². The molecule has 0 aliphatic carbocycles. The van der Waals surface area contributed by atoms with E-state index in [-0.39, 0.29) is 30.7 Å². The van der Waals surface area contributed by atoms with Crippen molar-refractivity contribution in [3.05, 3.63) is 35.4 Å². The third kappa shape index (κ3) is 7.72. The second kappa shape index (κ2) is 11.9. The Hall–Kier alpha value is -1.63. The standard InChI is InChI=1S/C19H28N2O4.ClH/c1-25-14-17-7-3-2-6-16(17)12-20-18(22)13-21-9-4-5-15(8-10-21)11-19(23)24;/h2-3,6-7,15H,4-5,8-14H2,1H3,(H,20,22)(H,23,24);1H. The van der Waals surface area contributed by atoms with E-state index in [1.807, 2.05) is 24.3 Å². The SMILES string of the molecule is COCc1ccccc1CNC(=O)CN1CCCC(CC(=O)O)CC1.Cl. The first-order chi connectivity index (χ1) is 12.1. The maximum atomic E-state index is 12.2. The molecule has 1 saturated heterocycles. The number of nitrogens with one attached hydrogen (secondary N) is 1. The molecular weight excluding hydrogens is 356 g/mol. The number of likely N-dealkylation sites (tertiary alicyclic amines) is 1. The molecule has 7 heteroatoms. The molecule has 1 aromatic rings. The molecule has 2 rings (SSSR count). The fraction of sp³-hybridized carbons (Fsp3) is 0.579. The number of hydrogen-bond donors (Lipinski definition) is 2. The molecule has 1 amide bonds. The maximum Gasteiger partial charge on any atom is 0.303 e. The molecule has 26 heavy (non-hydrogen) atoms. The van der Waals surface area contributed by atoms with Crippen molar-refractivity contribution in [1.29, 1.82) is 0 Å².